The van der Waals surface area contributed by atoms with Gasteiger partial charge in [0.15, 0.2) is 0 Å². The molecule has 0 aliphatic carbocycles. The van der Waals surface area contributed by atoms with Crippen molar-refractivity contribution in [1.82, 2.24) is 4.98 Å². The predicted octanol–water partition coefficient (Wildman–Crippen LogP) is 1.22. The maximum atomic E-state index is 10.7. The van der Waals surface area contributed by atoms with Gasteiger partial charge in [-0.15, -0.1) is 0 Å². The molecular weight excluding hydrogens is 214 g/mol. The molecule has 5 heteroatoms. The third-order valence-electron chi connectivity index (χ3n) is 1.81. The topological polar surface area (TPSA) is 56.3 Å². The van der Waals surface area contributed by atoms with Gasteiger partial charge < -0.3 is 0 Å². The summed E-state index contributed by atoms with van der Waals surface area (Å²) in [4.78, 5) is 4.28. The molecule has 1 aromatic rings. The first-order valence-corrected chi connectivity index (χ1v) is 6.47. The summed E-state index contributed by atoms with van der Waals surface area (Å²) in [5.74, 6) is 0. The van der Waals surface area contributed by atoms with Gasteiger partial charge in [0.1, 0.15) is 0 Å². The maximum absolute atomic E-state index is 10.7. The molecule has 0 aliphatic rings. The van der Waals surface area contributed by atoms with E-state index in [-0.39, 0.29) is 6.61 Å². The SMILES string of the molecule is Cc1cc(C)nc(CCOS(C)(=O)=O)c1. The van der Waals surface area contributed by atoms with Crippen LogP contribution in [-0.2, 0) is 20.7 Å². The van der Waals surface area contributed by atoms with Crippen molar-refractivity contribution in [2.45, 2.75) is 20.3 Å². The fraction of sp³-hybridized carbons (Fsp3) is 0.500. The molecule has 0 saturated carbocycles. The molecule has 4 nitrogen and oxygen atoms in total. The lowest BCUT2D eigenvalue weighted by atomic mass is 10.2. The summed E-state index contributed by atoms with van der Waals surface area (Å²) < 4.78 is 26.1. The van der Waals surface area contributed by atoms with Crippen molar-refractivity contribution in [2.75, 3.05) is 12.9 Å². The molecule has 0 atom stereocenters. The second kappa shape index (κ2) is 4.72. The van der Waals surface area contributed by atoms with Crippen LogP contribution >= 0.6 is 0 Å². The Bertz CT molecular complexity index is 420. The van der Waals surface area contributed by atoms with Crippen LogP contribution in [0.4, 0.5) is 0 Å². The molecule has 1 heterocycles. The van der Waals surface area contributed by atoms with Crippen molar-refractivity contribution in [3.05, 3.63) is 29.1 Å². The molecule has 0 amide bonds. The molecule has 0 aliphatic heterocycles. The highest BCUT2D eigenvalue weighted by Crippen LogP contribution is 2.05. The van der Waals surface area contributed by atoms with Gasteiger partial charge in [0.2, 0.25) is 0 Å². The molecule has 1 rings (SSSR count). The standard InChI is InChI=1S/C10H15NO3S/c1-8-6-9(2)11-10(7-8)4-5-14-15(3,12)13/h6-7H,4-5H2,1-3H3. The Labute approximate surface area is 90.4 Å². The zero-order chi connectivity index (χ0) is 11.5. The minimum atomic E-state index is -3.34. The minimum Gasteiger partial charge on any atom is -0.270 e. The van der Waals surface area contributed by atoms with Crippen molar-refractivity contribution < 1.29 is 12.6 Å². The van der Waals surface area contributed by atoms with Crippen LogP contribution in [0.2, 0.25) is 0 Å². The number of hydrogen-bond acceptors (Lipinski definition) is 4. The average Bonchev–Trinajstić information content (AvgIpc) is 1.99. The summed E-state index contributed by atoms with van der Waals surface area (Å²) in [5, 5.41) is 0. The Morgan fingerprint density at radius 1 is 1.33 bits per heavy atom. The first kappa shape index (κ1) is 12.1. The average molecular weight is 229 g/mol. The lowest BCUT2D eigenvalue weighted by Crippen LogP contribution is -2.07. The molecule has 0 bridgehead atoms. The molecular formula is C10H15NO3S. The third kappa shape index (κ3) is 4.90. The summed E-state index contributed by atoms with van der Waals surface area (Å²) in [6.07, 6.45) is 1.55. The lowest BCUT2D eigenvalue weighted by Gasteiger charge is -2.03. The molecule has 0 fully saturated rings. The van der Waals surface area contributed by atoms with Gasteiger partial charge in [0.05, 0.1) is 12.9 Å². The van der Waals surface area contributed by atoms with Gasteiger partial charge in [-0.25, -0.2) is 0 Å². The van der Waals surface area contributed by atoms with Crippen LogP contribution in [-0.4, -0.2) is 26.3 Å². The number of aromatic nitrogens is 1. The van der Waals surface area contributed by atoms with Crippen LogP contribution < -0.4 is 0 Å². The van der Waals surface area contributed by atoms with E-state index in [1.54, 1.807) is 0 Å². The molecule has 1 aromatic heterocycles. The van der Waals surface area contributed by atoms with Crippen LogP contribution in [0.3, 0.4) is 0 Å². The van der Waals surface area contributed by atoms with E-state index in [2.05, 4.69) is 9.17 Å². The number of aryl methyl sites for hydroxylation is 2. The minimum absolute atomic E-state index is 0.148. The van der Waals surface area contributed by atoms with Crippen molar-refractivity contribution in [3.8, 4) is 0 Å². The van der Waals surface area contributed by atoms with E-state index in [0.29, 0.717) is 6.42 Å². The summed E-state index contributed by atoms with van der Waals surface area (Å²) in [6.45, 7) is 4.04. The van der Waals surface area contributed by atoms with Crippen LogP contribution in [0.5, 0.6) is 0 Å². The van der Waals surface area contributed by atoms with Crippen molar-refractivity contribution in [2.24, 2.45) is 0 Å². The van der Waals surface area contributed by atoms with E-state index in [4.69, 9.17) is 0 Å². The first-order valence-electron chi connectivity index (χ1n) is 4.65. The quantitative estimate of drug-likeness (QED) is 0.728. The maximum Gasteiger partial charge on any atom is 0.264 e. The Hall–Kier alpha value is -0.940. The Balaban J connectivity index is 2.58. The number of pyridine rings is 1. The highest BCUT2D eigenvalue weighted by atomic mass is 32.2. The van der Waals surface area contributed by atoms with E-state index in [1.165, 1.54) is 0 Å². The van der Waals surface area contributed by atoms with Crippen molar-refractivity contribution in [1.29, 1.82) is 0 Å². The largest absolute Gasteiger partial charge is 0.270 e. The molecule has 0 saturated heterocycles. The lowest BCUT2D eigenvalue weighted by molar-refractivity contribution is 0.324. The Morgan fingerprint density at radius 3 is 2.53 bits per heavy atom. The first-order chi connectivity index (χ1) is 6.87. The highest BCUT2D eigenvalue weighted by Gasteiger charge is 2.03. The van der Waals surface area contributed by atoms with Gasteiger partial charge in [0, 0.05) is 17.8 Å². The molecule has 84 valence electrons. The van der Waals surface area contributed by atoms with Crippen LogP contribution in [0.15, 0.2) is 12.1 Å². The fourth-order valence-corrected chi connectivity index (χ4v) is 1.74. The number of hydrogen-bond donors (Lipinski definition) is 0. The number of rotatable bonds is 4. The van der Waals surface area contributed by atoms with Crippen LogP contribution in [0.25, 0.3) is 0 Å². The smallest absolute Gasteiger partial charge is 0.264 e. The molecule has 0 spiro atoms. The van der Waals surface area contributed by atoms with Gasteiger partial charge in [-0.3, -0.25) is 9.17 Å². The van der Waals surface area contributed by atoms with Crippen molar-refractivity contribution in [3.63, 3.8) is 0 Å². The highest BCUT2D eigenvalue weighted by molar-refractivity contribution is 7.85. The number of nitrogens with zero attached hydrogens (tertiary/aromatic N) is 1. The Morgan fingerprint density at radius 2 is 2.00 bits per heavy atom. The monoisotopic (exact) mass is 229 g/mol. The molecule has 0 aromatic carbocycles. The summed E-state index contributed by atoms with van der Waals surface area (Å²) in [7, 11) is -3.34. The van der Waals surface area contributed by atoms with Gasteiger partial charge in [-0.2, -0.15) is 8.42 Å². The van der Waals surface area contributed by atoms with Crippen molar-refractivity contribution >= 4 is 10.1 Å². The summed E-state index contributed by atoms with van der Waals surface area (Å²) in [6, 6.07) is 3.90. The third-order valence-corrected chi connectivity index (χ3v) is 2.40. The Kier molecular flexibility index (Phi) is 3.82. The van der Waals surface area contributed by atoms with E-state index in [1.807, 2.05) is 26.0 Å². The van der Waals surface area contributed by atoms with Gasteiger partial charge in [-0.1, -0.05) is 0 Å². The van der Waals surface area contributed by atoms with Crippen LogP contribution in [0, 0.1) is 13.8 Å². The predicted molar refractivity (Wildman–Crippen MR) is 58.2 cm³/mol. The van der Waals surface area contributed by atoms with E-state index in [9.17, 15) is 8.42 Å². The van der Waals surface area contributed by atoms with Crippen LogP contribution in [0.1, 0.15) is 17.0 Å². The van der Waals surface area contributed by atoms with E-state index < -0.39 is 10.1 Å². The zero-order valence-electron chi connectivity index (χ0n) is 9.15. The second-order valence-corrected chi connectivity index (χ2v) is 5.20. The molecule has 0 N–H and O–H groups in total. The second-order valence-electron chi connectivity index (χ2n) is 3.55. The van der Waals surface area contributed by atoms with Gasteiger partial charge in [0.25, 0.3) is 10.1 Å². The van der Waals surface area contributed by atoms with Gasteiger partial charge in [-0.05, 0) is 31.5 Å². The normalized spacial score (nSPS) is 11.7. The van der Waals surface area contributed by atoms with E-state index in [0.717, 1.165) is 23.2 Å². The molecule has 0 radical (unpaired) electrons. The molecule has 15 heavy (non-hydrogen) atoms. The van der Waals surface area contributed by atoms with E-state index >= 15 is 0 Å². The summed E-state index contributed by atoms with van der Waals surface area (Å²) >= 11 is 0. The molecule has 0 unspecified atom stereocenters. The zero-order valence-corrected chi connectivity index (χ0v) is 9.97. The summed E-state index contributed by atoms with van der Waals surface area (Å²) in [5.41, 5.74) is 2.91. The fourth-order valence-electron chi connectivity index (χ4n) is 1.35. The van der Waals surface area contributed by atoms with Gasteiger partial charge >= 0.3 is 0 Å².